The maximum absolute atomic E-state index is 12.4. The molecular weight excluding hydrogens is 352 g/mol. The van der Waals surface area contributed by atoms with Gasteiger partial charge in [0.2, 0.25) is 15.9 Å². The molecule has 0 heterocycles. The molecule has 128 valence electrons. The molecule has 1 amide bonds. The summed E-state index contributed by atoms with van der Waals surface area (Å²) in [6.07, 6.45) is 0. The second-order valence-corrected chi connectivity index (χ2v) is 7.50. The monoisotopic (exact) mass is 368 g/mol. The minimum absolute atomic E-state index is 0.0813. The van der Waals surface area contributed by atoms with Crippen molar-refractivity contribution in [2.24, 2.45) is 5.73 Å². The highest BCUT2D eigenvalue weighted by molar-refractivity contribution is 7.89. The van der Waals surface area contributed by atoms with Gasteiger partial charge in [-0.15, -0.1) is 0 Å². The van der Waals surface area contributed by atoms with Gasteiger partial charge < -0.3 is 10.5 Å². The molecule has 0 fully saturated rings. The van der Waals surface area contributed by atoms with Gasteiger partial charge in [-0.3, -0.25) is 4.79 Å². The molecule has 0 atom stereocenters. The summed E-state index contributed by atoms with van der Waals surface area (Å²) in [5.74, 6) is -0.0404. The van der Waals surface area contributed by atoms with E-state index in [1.165, 1.54) is 35.6 Å². The fourth-order valence-electron chi connectivity index (χ4n) is 1.94. The Labute approximate surface area is 145 Å². The van der Waals surface area contributed by atoms with Gasteiger partial charge in [0.05, 0.1) is 4.90 Å². The number of likely N-dealkylation sites (N-methyl/N-ethyl adjacent to an activating group) is 1. The molecule has 0 aliphatic rings. The van der Waals surface area contributed by atoms with Crippen LogP contribution in [0.15, 0.2) is 53.4 Å². The van der Waals surface area contributed by atoms with Crippen LogP contribution in [0.4, 0.5) is 0 Å². The minimum Gasteiger partial charge on any atom is -0.492 e. The molecule has 0 spiro atoms. The van der Waals surface area contributed by atoms with Crippen LogP contribution in [0.25, 0.3) is 0 Å². The number of amides is 1. The first-order valence-corrected chi connectivity index (χ1v) is 8.87. The Hall–Kier alpha value is -2.09. The number of hydrogen-bond acceptors (Lipinski definition) is 4. The average molecular weight is 369 g/mol. The van der Waals surface area contributed by atoms with Gasteiger partial charge in [-0.1, -0.05) is 17.7 Å². The quantitative estimate of drug-likeness (QED) is 0.810. The van der Waals surface area contributed by atoms with Crippen LogP contribution in [0, 0.1) is 0 Å². The summed E-state index contributed by atoms with van der Waals surface area (Å²) < 4.78 is 31.6. The third kappa shape index (κ3) is 4.47. The molecule has 6 nitrogen and oxygen atoms in total. The second kappa shape index (κ2) is 7.65. The third-order valence-corrected chi connectivity index (χ3v) is 5.42. The zero-order valence-corrected chi connectivity index (χ0v) is 14.5. The molecule has 2 rings (SSSR count). The van der Waals surface area contributed by atoms with Crippen LogP contribution in [0.2, 0.25) is 5.02 Å². The number of hydrogen-bond donors (Lipinski definition) is 1. The lowest BCUT2D eigenvalue weighted by molar-refractivity contribution is 0.1000. The minimum atomic E-state index is -3.67. The smallest absolute Gasteiger partial charge is 0.248 e. The number of nitrogens with two attached hydrogens (primary N) is 1. The number of halogens is 1. The lowest BCUT2D eigenvalue weighted by Gasteiger charge is -2.17. The molecule has 0 unspecified atom stereocenters. The molecule has 0 saturated heterocycles. The summed E-state index contributed by atoms with van der Waals surface area (Å²) in [5.41, 5.74) is 5.39. The largest absolute Gasteiger partial charge is 0.492 e. The Bertz CT molecular complexity index is 822. The van der Waals surface area contributed by atoms with Crippen molar-refractivity contribution in [2.75, 3.05) is 20.2 Å². The van der Waals surface area contributed by atoms with Crippen molar-refractivity contribution < 1.29 is 17.9 Å². The fraction of sp³-hybridized carbons (Fsp3) is 0.188. The first-order chi connectivity index (χ1) is 11.3. The number of ether oxygens (including phenoxy) is 1. The van der Waals surface area contributed by atoms with Crippen LogP contribution in [0.1, 0.15) is 10.4 Å². The highest BCUT2D eigenvalue weighted by Crippen LogP contribution is 2.18. The van der Waals surface area contributed by atoms with Gasteiger partial charge in [-0.2, -0.15) is 4.31 Å². The Morgan fingerprint density at radius 2 is 1.88 bits per heavy atom. The van der Waals surface area contributed by atoms with Gasteiger partial charge in [0.25, 0.3) is 0 Å². The molecule has 8 heteroatoms. The number of sulfonamides is 1. The predicted molar refractivity (Wildman–Crippen MR) is 91.7 cm³/mol. The number of primary amides is 1. The summed E-state index contributed by atoms with van der Waals surface area (Å²) in [4.78, 5) is 11.1. The molecule has 0 radical (unpaired) electrons. The van der Waals surface area contributed by atoms with Crippen LogP contribution < -0.4 is 10.5 Å². The van der Waals surface area contributed by atoms with Crippen molar-refractivity contribution >= 4 is 27.5 Å². The van der Waals surface area contributed by atoms with Gasteiger partial charge in [-0.05, 0) is 42.5 Å². The van der Waals surface area contributed by atoms with E-state index in [1.807, 2.05) is 0 Å². The molecule has 24 heavy (non-hydrogen) atoms. The van der Waals surface area contributed by atoms with Gasteiger partial charge in [-0.25, -0.2) is 8.42 Å². The molecule has 2 aromatic rings. The molecule has 0 aromatic heterocycles. The maximum Gasteiger partial charge on any atom is 0.248 e. The Morgan fingerprint density at radius 1 is 1.21 bits per heavy atom. The lowest BCUT2D eigenvalue weighted by Crippen LogP contribution is -2.31. The first-order valence-electron chi connectivity index (χ1n) is 7.05. The number of nitrogens with zero attached hydrogens (tertiary/aromatic N) is 1. The summed E-state index contributed by atoms with van der Waals surface area (Å²) in [6, 6.07) is 12.3. The maximum atomic E-state index is 12.4. The first kappa shape index (κ1) is 18.3. The van der Waals surface area contributed by atoms with Crippen LogP contribution >= 0.6 is 11.6 Å². The van der Waals surface area contributed by atoms with E-state index >= 15 is 0 Å². The average Bonchev–Trinajstić information content (AvgIpc) is 2.55. The van der Waals surface area contributed by atoms with Gasteiger partial charge in [0.1, 0.15) is 12.4 Å². The Balaban J connectivity index is 1.99. The van der Waals surface area contributed by atoms with E-state index in [-0.39, 0.29) is 23.6 Å². The van der Waals surface area contributed by atoms with Crippen molar-refractivity contribution in [2.45, 2.75) is 4.90 Å². The van der Waals surface area contributed by atoms with E-state index in [4.69, 9.17) is 22.1 Å². The normalized spacial score (nSPS) is 11.5. The fourth-order valence-corrected chi connectivity index (χ4v) is 3.28. The van der Waals surface area contributed by atoms with Crippen LogP contribution in [-0.4, -0.2) is 38.8 Å². The summed E-state index contributed by atoms with van der Waals surface area (Å²) in [6.45, 7) is 0.335. The molecule has 0 aliphatic carbocycles. The number of carbonyl (C=O) groups is 1. The van der Waals surface area contributed by atoms with E-state index in [1.54, 1.807) is 24.3 Å². The van der Waals surface area contributed by atoms with Crippen molar-refractivity contribution in [3.63, 3.8) is 0 Å². The van der Waals surface area contributed by atoms with E-state index < -0.39 is 15.9 Å². The Morgan fingerprint density at radius 3 is 2.46 bits per heavy atom. The van der Waals surface area contributed by atoms with Crippen molar-refractivity contribution in [3.05, 3.63) is 59.1 Å². The summed E-state index contributed by atoms with van der Waals surface area (Å²) in [7, 11) is -2.21. The summed E-state index contributed by atoms with van der Waals surface area (Å²) >= 11 is 5.85. The highest BCUT2D eigenvalue weighted by atomic mass is 35.5. The molecule has 0 saturated carbocycles. The Kier molecular flexibility index (Phi) is 5.82. The van der Waals surface area contributed by atoms with E-state index in [0.29, 0.717) is 10.8 Å². The molecule has 2 N–H and O–H groups in total. The predicted octanol–water partition coefficient (Wildman–Crippen LogP) is 2.14. The van der Waals surface area contributed by atoms with Crippen LogP contribution in [-0.2, 0) is 10.0 Å². The van der Waals surface area contributed by atoms with Crippen molar-refractivity contribution in [1.29, 1.82) is 0 Å². The second-order valence-electron chi connectivity index (χ2n) is 5.02. The van der Waals surface area contributed by atoms with Crippen molar-refractivity contribution in [3.8, 4) is 5.75 Å². The summed E-state index contributed by atoms with van der Waals surface area (Å²) in [5, 5.41) is 0.544. The zero-order chi connectivity index (χ0) is 17.7. The molecule has 2 aromatic carbocycles. The van der Waals surface area contributed by atoms with E-state index in [0.717, 1.165) is 0 Å². The molecule has 0 bridgehead atoms. The molecular formula is C16H17ClN2O4S. The van der Waals surface area contributed by atoms with Gasteiger partial charge >= 0.3 is 0 Å². The topological polar surface area (TPSA) is 89.7 Å². The SMILES string of the molecule is CN(CCOc1cccc(Cl)c1)S(=O)(=O)c1ccc(C(N)=O)cc1. The van der Waals surface area contributed by atoms with E-state index in [9.17, 15) is 13.2 Å². The van der Waals surface area contributed by atoms with Gasteiger partial charge in [0.15, 0.2) is 0 Å². The number of rotatable bonds is 7. The number of benzene rings is 2. The van der Waals surface area contributed by atoms with E-state index in [2.05, 4.69) is 0 Å². The van der Waals surface area contributed by atoms with Gasteiger partial charge in [0, 0.05) is 24.2 Å². The molecule has 0 aliphatic heterocycles. The zero-order valence-electron chi connectivity index (χ0n) is 13.0. The highest BCUT2D eigenvalue weighted by Gasteiger charge is 2.20. The van der Waals surface area contributed by atoms with Crippen LogP contribution in [0.3, 0.4) is 0 Å². The lowest BCUT2D eigenvalue weighted by atomic mass is 10.2. The standard InChI is InChI=1S/C16H17ClN2O4S/c1-19(9-10-23-14-4-2-3-13(17)11-14)24(21,22)15-7-5-12(6-8-15)16(18)20/h2-8,11H,9-10H2,1H3,(H2,18,20). The van der Waals surface area contributed by atoms with Crippen LogP contribution in [0.5, 0.6) is 5.75 Å². The van der Waals surface area contributed by atoms with Crippen molar-refractivity contribution in [1.82, 2.24) is 4.31 Å². The number of carbonyl (C=O) groups excluding carboxylic acids is 1. The third-order valence-electron chi connectivity index (χ3n) is 3.32.